The van der Waals surface area contributed by atoms with E-state index < -0.39 is 0 Å². The predicted octanol–water partition coefficient (Wildman–Crippen LogP) is 6.13. The zero-order valence-electron chi connectivity index (χ0n) is 16.7. The van der Waals surface area contributed by atoms with Crippen LogP contribution in [-0.4, -0.2) is 0 Å². The molecule has 0 spiro atoms. The smallest absolute Gasteiger partial charge is 0.872 e. The standard InChI is InChI=1S/C14H12O.C13H13.Fe/c15-14(13-8-4-5-9-13)11-10-12-6-2-1-3-7-12;1-10-7-8-13(9-11(10)2)12-5-3-4-6-12;/h1-11,15H;3-9H,1-2H3;/q;-1;+2/p-1. The Bertz CT molecular complexity index is 1010. The van der Waals surface area contributed by atoms with Crippen LogP contribution >= 0.6 is 0 Å². The molecule has 0 bridgehead atoms. The molecule has 4 rings (SSSR count). The van der Waals surface area contributed by atoms with Crippen molar-refractivity contribution in [3.05, 3.63) is 131 Å². The van der Waals surface area contributed by atoms with Gasteiger partial charge in [0.2, 0.25) is 0 Å². The Morgan fingerprint density at radius 2 is 1.59 bits per heavy atom. The van der Waals surface area contributed by atoms with Crippen LogP contribution in [0.5, 0.6) is 0 Å². The minimum absolute atomic E-state index is 0. The Morgan fingerprint density at radius 3 is 2.21 bits per heavy atom. The third-order valence-corrected chi connectivity index (χ3v) is 4.68. The van der Waals surface area contributed by atoms with Crippen molar-refractivity contribution in [1.82, 2.24) is 0 Å². The fourth-order valence-corrected chi connectivity index (χ4v) is 2.86. The summed E-state index contributed by atoms with van der Waals surface area (Å²) in [5.74, 6) is 0.0452. The van der Waals surface area contributed by atoms with Crippen molar-refractivity contribution in [3.8, 4) is 11.1 Å². The van der Waals surface area contributed by atoms with Crippen LogP contribution < -0.4 is 5.11 Å². The summed E-state index contributed by atoms with van der Waals surface area (Å²) in [4.78, 5) is 0. The molecule has 0 heterocycles. The van der Waals surface area contributed by atoms with Crippen molar-refractivity contribution < 1.29 is 22.2 Å². The van der Waals surface area contributed by atoms with Gasteiger partial charge in [0.1, 0.15) is 0 Å². The number of aryl methyl sites for hydroxylation is 2. The van der Waals surface area contributed by atoms with Gasteiger partial charge in [-0.1, -0.05) is 96.1 Å². The molecule has 3 aromatic rings. The molecule has 0 unspecified atom stereocenters. The Hall–Kier alpha value is -2.93. The second-order valence-electron chi connectivity index (χ2n) is 6.75. The Balaban J connectivity index is 0.000000202. The van der Waals surface area contributed by atoms with Crippen LogP contribution in [0, 0.1) is 13.8 Å². The van der Waals surface area contributed by atoms with E-state index in [1.54, 1.807) is 6.08 Å². The first kappa shape index (κ1) is 22.4. The maximum absolute atomic E-state index is 11.6. The van der Waals surface area contributed by atoms with Crippen molar-refractivity contribution in [2.24, 2.45) is 0 Å². The van der Waals surface area contributed by atoms with E-state index in [0.29, 0.717) is 0 Å². The summed E-state index contributed by atoms with van der Waals surface area (Å²) in [6.45, 7) is 4.30. The van der Waals surface area contributed by atoms with Gasteiger partial charge in [-0.25, -0.2) is 0 Å². The Morgan fingerprint density at radius 1 is 0.862 bits per heavy atom. The summed E-state index contributed by atoms with van der Waals surface area (Å²) in [7, 11) is 0. The molecule has 2 heteroatoms. The van der Waals surface area contributed by atoms with E-state index in [9.17, 15) is 5.11 Å². The molecular formula is C27H24FeO. The number of hydrogen-bond acceptors (Lipinski definition) is 1. The molecule has 1 aliphatic carbocycles. The summed E-state index contributed by atoms with van der Waals surface area (Å²) in [5, 5.41) is 11.6. The average Bonchev–Trinajstić information content (AvgIpc) is 3.44. The predicted molar refractivity (Wildman–Crippen MR) is 118 cm³/mol. The monoisotopic (exact) mass is 420 g/mol. The molecule has 0 atom stereocenters. The summed E-state index contributed by atoms with van der Waals surface area (Å²) in [6, 6.07) is 24.8. The maximum atomic E-state index is 11.6. The van der Waals surface area contributed by atoms with Crippen LogP contribution in [0.15, 0.2) is 115 Å². The van der Waals surface area contributed by atoms with Crippen molar-refractivity contribution in [2.45, 2.75) is 13.8 Å². The van der Waals surface area contributed by atoms with E-state index in [0.717, 1.165) is 11.1 Å². The third-order valence-electron chi connectivity index (χ3n) is 4.68. The Kier molecular flexibility index (Phi) is 8.61. The minimum Gasteiger partial charge on any atom is -0.872 e. The van der Waals surface area contributed by atoms with Gasteiger partial charge in [0.15, 0.2) is 0 Å². The molecule has 0 saturated carbocycles. The van der Waals surface area contributed by atoms with Gasteiger partial charge in [0, 0.05) is 0 Å². The second kappa shape index (κ2) is 11.2. The molecule has 0 amide bonds. The fraction of sp³-hybridized carbons (Fsp3) is 0.0741. The van der Waals surface area contributed by atoms with Crippen LogP contribution in [-0.2, 0) is 17.1 Å². The number of rotatable bonds is 3. The van der Waals surface area contributed by atoms with Crippen molar-refractivity contribution in [1.29, 1.82) is 0 Å². The zero-order valence-corrected chi connectivity index (χ0v) is 17.8. The van der Waals surface area contributed by atoms with E-state index >= 15 is 0 Å². The zero-order chi connectivity index (χ0) is 19.8. The molecule has 0 aliphatic heterocycles. The summed E-state index contributed by atoms with van der Waals surface area (Å²) in [6.07, 6.45) is 10.8. The topological polar surface area (TPSA) is 23.1 Å². The first-order valence-corrected chi connectivity index (χ1v) is 9.42. The van der Waals surface area contributed by atoms with Crippen molar-refractivity contribution in [2.75, 3.05) is 0 Å². The maximum Gasteiger partial charge on any atom is 2.00 e. The number of benzene rings is 2. The molecule has 0 radical (unpaired) electrons. The van der Waals surface area contributed by atoms with Gasteiger partial charge >= 0.3 is 17.1 Å². The largest absolute Gasteiger partial charge is 2.00 e. The van der Waals surface area contributed by atoms with E-state index in [4.69, 9.17) is 0 Å². The number of allylic oxidation sites excluding steroid dienone is 6. The summed E-state index contributed by atoms with van der Waals surface area (Å²) in [5.41, 5.74) is 7.12. The van der Waals surface area contributed by atoms with Gasteiger partial charge in [0.05, 0.1) is 0 Å². The number of hydrogen-bond donors (Lipinski definition) is 0. The second-order valence-corrected chi connectivity index (χ2v) is 6.75. The normalized spacial score (nSPS) is 11.9. The minimum atomic E-state index is 0. The average molecular weight is 420 g/mol. The van der Waals surface area contributed by atoms with Crippen LogP contribution in [0.4, 0.5) is 0 Å². The molecule has 29 heavy (non-hydrogen) atoms. The van der Waals surface area contributed by atoms with Crippen LogP contribution in [0.25, 0.3) is 17.2 Å². The van der Waals surface area contributed by atoms with Crippen molar-refractivity contribution >= 4 is 6.08 Å². The van der Waals surface area contributed by atoms with Gasteiger partial charge in [-0.2, -0.15) is 23.8 Å². The van der Waals surface area contributed by atoms with E-state index in [1.165, 1.54) is 22.3 Å². The van der Waals surface area contributed by atoms with Crippen LogP contribution in [0.1, 0.15) is 16.7 Å². The van der Waals surface area contributed by atoms with Gasteiger partial charge in [-0.15, -0.1) is 11.8 Å². The Labute approximate surface area is 184 Å². The first-order chi connectivity index (χ1) is 13.6. The quantitative estimate of drug-likeness (QED) is 0.284. The van der Waals surface area contributed by atoms with Crippen molar-refractivity contribution in [3.63, 3.8) is 0 Å². The van der Waals surface area contributed by atoms with Gasteiger partial charge in [-0.05, 0) is 30.5 Å². The van der Waals surface area contributed by atoms with E-state index in [-0.39, 0.29) is 22.8 Å². The third kappa shape index (κ3) is 6.57. The summed E-state index contributed by atoms with van der Waals surface area (Å²) < 4.78 is 0. The molecule has 0 fully saturated rings. The van der Waals surface area contributed by atoms with Gasteiger partial charge < -0.3 is 5.11 Å². The molecule has 1 nitrogen and oxygen atoms in total. The van der Waals surface area contributed by atoms with Gasteiger partial charge in [-0.3, -0.25) is 0 Å². The molecule has 1 aliphatic rings. The molecule has 0 saturated heterocycles. The molecule has 0 aromatic heterocycles. The molecular weight excluding hydrogens is 396 g/mol. The molecule has 3 aromatic carbocycles. The molecule has 0 N–H and O–H groups in total. The van der Waals surface area contributed by atoms with Crippen LogP contribution in [0.2, 0.25) is 0 Å². The molecule has 146 valence electrons. The first-order valence-electron chi connectivity index (χ1n) is 9.42. The van der Waals surface area contributed by atoms with E-state index in [2.05, 4.69) is 56.3 Å². The summed E-state index contributed by atoms with van der Waals surface area (Å²) >= 11 is 0. The SMILES string of the molecule is Cc1ccc(-c2ccc[cH-]2)cc1C.[Fe+2].[O-]C(C=Cc1ccccc1)=C1C=CC=C1. The van der Waals surface area contributed by atoms with Gasteiger partial charge in [0.25, 0.3) is 0 Å². The van der Waals surface area contributed by atoms with Crippen LogP contribution in [0.3, 0.4) is 0 Å². The fourth-order valence-electron chi connectivity index (χ4n) is 2.86. The van der Waals surface area contributed by atoms with E-state index in [1.807, 2.05) is 60.7 Å².